The summed E-state index contributed by atoms with van der Waals surface area (Å²) in [5.74, 6) is -0.960. The Kier molecular flexibility index (Phi) is 3.50. The highest BCUT2D eigenvalue weighted by Crippen LogP contribution is 2.35. The molecule has 0 aromatic carbocycles. The van der Waals surface area contributed by atoms with Gasteiger partial charge < -0.3 is 10.0 Å². The van der Waals surface area contributed by atoms with E-state index in [1.807, 2.05) is 6.92 Å². The lowest BCUT2D eigenvalue weighted by Gasteiger charge is -2.23. The van der Waals surface area contributed by atoms with Crippen molar-refractivity contribution in [2.75, 3.05) is 13.1 Å². The first-order valence-electron chi connectivity index (χ1n) is 5.20. The van der Waals surface area contributed by atoms with Crippen LogP contribution in [0.3, 0.4) is 0 Å². The number of amides is 1. The Morgan fingerprint density at radius 1 is 1.60 bits per heavy atom. The quantitative estimate of drug-likeness (QED) is 0.712. The monoisotopic (exact) mass is 211 g/mol. The second-order valence-electron chi connectivity index (χ2n) is 4.05. The molecule has 0 radical (unpaired) electrons. The molecule has 1 N–H and O–H groups in total. The van der Waals surface area contributed by atoms with Crippen LogP contribution in [0.1, 0.15) is 26.2 Å². The molecule has 4 nitrogen and oxygen atoms in total. The Hall–Kier alpha value is -1.32. The van der Waals surface area contributed by atoms with E-state index in [0.29, 0.717) is 25.9 Å². The fourth-order valence-electron chi connectivity index (χ4n) is 2.15. The van der Waals surface area contributed by atoms with Gasteiger partial charge >= 0.3 is 5.97 Å². The molecule has 1 saturated heterocycles. The normalized spacial score (nSPS) is 25.3. The van der Waals surface area contributed by atoms with Crippen LogP contribution in [-0.2, 0) is 9.59 Å². The van der Waals surface area contributed by atoms with Crippen molar-refractivity contribution in [3.63, 3.8) is 0 Å². The highest BCUT2D eigenvalue weighted by molar-refractivity contribution is 5.88. The first kappa shape index (κ1) is 11.8. The molecule has 0 aliphatic carbocycles. The van der Waals surface area contributed by atoms with Gasteiger partial charge in [-0.15, -0.1) is 0 Å². The van der Waals surface area contributed by atoms with Crippen molar-refractivity contribution in [3.05, 3.63) is 12.7 Å². The van der Waals surface area contributed by atoms with E-state index in [9.17, 15) is 14.7 Å². The number of carbonyl (C=O) groups is 2. The Labute approximate surface area is 89.6 Å². The molecule has 0 bridgehead atoms. The van der Waals surface area contributed by atoms with Gasteiger partial charge in [-0.25, -0.2) is 0 Å². The molecule has 4 heteroatoms. The number of likely N-dealkylation sites (tertiary alicyclic amines) is 1. The second-order valence-corrected chi connectivity index (χ2v) is 4.05. The number of aliphatic carboxylic acids is 1. The maximum absolute atomic E-state index is 11.3. The van der Waals surface area contributed by atoms with Gasteiger partial charge in [-0.05, 0) is 18.9 Å². The minimum Gasteiger partial charge on any atom is -0.481 e. The number of carboxylic acid groups (broad SMARTS) is 1. The van der Waals surface area contributed by atoms with E-state index >= 15 is 0 Å². The first-order valence-corrected chi connectivity index (χ1v) is 5.20. The first-order chi connectivity index (χ1) is 7.05. The SMILES string of the molecule is C=CC(=O)N1CCC(CCC)(C(=O)O)C1. The molecule has 1 rings (SSSR count). The van der Waals surface area contributed by atoms with E-state index in [1.165, 1.54) is 6.08 Å². The summed E-state index contributed by atoms with van der Waals surface area (Å²) in [6.07, 6.45) is 3.24. The predicted octanol–water partition coefficient (Wildman–Crippen LogP) is 1.28. The van der Waals surface area contributed by atoms with Crippen LogP contribution in [0.25, 0.3) is 0 Å². The topological polar surface area (TPSA) is 57.6 Å². The lowest BCUT2D eigenvalue weighted by atomic mass is 9.83. The largest absolute Gasteiger partial charge is 0.481 e. The zero-order valence-corrected chi connectivity index (χ0v) is 9.03. The van der Waals surface area contributed by atoms with Gasteiger partial charge in [0.25, 0.3) is 0 Å². The molecule has 0 saturated carbocycles. The fraction of sp³-hybridized carbons (Fsp3) is 0.636. The van der Waals surface area contributed by atoms with Crippen molar-refractivity contribution in [3.8, 4) is 0 Å². The number of carbonyl (C=O) groups excluding carboxylic acids is 1. The molecule has 0 aromatic rings. The highest BCUT2D eigenvalue weighted by atomic mass is 16.4. The van der Waals surface area contributed by atoms with Crippen LogP contribution in [0.4, 0.5) is 0 Å². The molecule has 1 fully saturated rings. The molecule has 0 spiro atoms. The zero-order valence-electron chi connectivity index (χ0n) is 9.03. The second kappa shape index (κ2) is 4.47. The van der Waals surface area contributed by atoms with Gasteiger partial charge in [0.2, 0.25) is 5.91 Å². The van der Waals surface area contributed by atoms with Crippen LogP contribution in [0, 0.1) is 5.41 Å². The van der Waals surface area contributed by atoms with Crippen molar-refractivity contribution in [2.24, 2.45) is 5.41 Å². The van der Waals surface area contributed by atoms with Crippen LogP contribution in [0.5, 0.6) is 0 Å². The van der Waals surface area contributed by atoms with E-state index in [4.69, 9.17) is 0 Å². The maximum atomic E-state index is 11.3. The molecular weight excluding hydrogens is 194 g/mol. The van der Waals surface area contributed by atoms with Crippen LogP contribution < -0.4 is 0 Å². The lowest BCUT2D eigenvalue weighted by Crippen LogP contribution is -2.36. The van der Waals surface area contributed by atoms with Gasteiger partial charge in [0, 0.05) is 13.1 Å². The molecule has 15 heavy (non-hydrogen) atoms. The molecule has 0 aromatic heterocycles. The van der Waals surface area contributed by atoms with E-state index in [1.54, 1.807) is 4.90 Å². The lowest BCUT2D eigenvalue weighted by molar-refractivity contribution is -0.148. The summed E-state index contributed by atoms with van der Waals surface area (Å²) in [4.78, 5) is 24.1. The summed E-state index contributed by atoms with van der Waals surface area (Å²) in [6, 6.07) is 0. The minimum atomic E-state index is -0.788. The van der Waals surface area contributed by atoms with E-state index in [2.05, 4.69) is 6.58 Å². The molecule has 1 amide bonds. The average molecular weight is 211 g/mol. The minimum absolute atomic E-state index is 0.172. The van der Waals surface area contributed by atoms with E-state index in [-0.39, 0.29) is 5.91 Å². The average Bonchev–Trinajstić information content (AvgIpc) is 2.63. The number of rotatable bonds is 4. The predicted molar refractivity (Wildman–Crippen MR) is 56.4 cm³/mol. The molecule has 1 heterocycles. The van der Waals surface area contributed by atoms with Gasteiger partial charge in [-0.3, -0.25) is 9.59 Å². The third-order valence-electron chi connectivity index (χ3n) is 3.02. The molecule has 84 valence electrons. The Morgan fingerprint density at radius 2 is 2.27 bits per heavy atom. The Morgan fingerprint density at radius 3 is 2.73 bits per heavy atom. The van der Waals surface area contributed by atoms with Gasteiger partial charge in [0.05, 0.1) is 5.41 Å². The van der Waals surface area contributed by atoms with Crippen molar-refractivity contribution < 1.29 is 14.7 Å². The number of carboxylic acids is 1. The van der Waals surface area contributed by atoms with E-state index < -0.39 is 11.4 Å². The van der Waals surface area contributed by atoms with Crippen molar-refractivity contribution in [1.29, 1.82) is 0 Å². The number of hydrogen-bond acceptors (Lipinski definition) is 2. The molecular formula is C11H17NO3. The van der Waals surface area contributed by atoms with Gasteiger partial charge in [-0.1, -0.05) is 19.9 Å². The van der Waals surface area contributed by atoms with Crippen molar-refractivity contribution in [2.45, 2.75) is 26.2 Å². The van der Waals surface area contributed by atoms with Crippen LogP contribution in [0.15, 0.2) is 12.7 Å². The summed E-state index contributed by atoms with van der Waals surface area (Å²) in [5, 5.41) is 9.20. The maximum Gasteiger partial charge on any atom is 0.311 e. The molecule has 1 aliphatic rings. The third-order valence-corrected chi connectivity index (χ3v) is 3.02. The summed E-state index contributed by atoms with van der Waals surface area (Å²) >= 11 is 0. The number of hydrogen-bond donors (Lipinski definition) is 1. The zero-order chi connectivity index (χ0) is 11.5. The molecule has 1 atom stereocenters. The van der Waals surface area contributed by atoms with Crippen LogP contribution in [0.2, 0.25) is 0 Å². The molecule has 1 aliphatic heterocycles. The van der Waals surface area contributed by atoms with Crippen LogP contribution in [-0.4, -0.2) is 35.0 Å². The number of nitrogens with zero attached hydrogens (tertiary/aromatic N) is 1. The molecule has 1 unspecified atom stereocenters. The van der Waals surface area contributed by atoms with E-state index in [0.717, 1.165) is 6.42 Å². The Balaban J connectivity index is 2.76. The summed E-state index contributed by atoms with van der Waals surface area (Å²) < 4.78 is 0. The standard InChI is InChI=1S/C11H17NO3/c1-3-5-11(10(14)15)6-7-12(8-11)9(13)4-2/h4H,2-3,5-8H2,1H3,(H,14,15). The summed E-state index contributed by atoms with van der Waals surface area (Å²) in [7, 11) is 0. The summed E-state index contributed by atoms with van der Waals surface area (Å²) in [5.41, 5.74) is -0.729. The van der Waals surface area contributed by atoms with Crippen LogP contribution >= 0.6 is 0 Å². The summed E-state index contributed by atoms with van der Waals surface area (Å²) in [6.45, 7) is 6.21. The van der Waals surface area contributed by atoms with Crippen molar-refractivity contribution >= 4 is 11.9 Å². The highest BCUT2D eigenvalue weighted by Gasteiger charge is 2.44. The Bertz CT molecular complexity index is 288. The fourth-order valence-corrected chi connectivity index (χ4v) is 2.15. The smallest absolute Gasteiger partial charge is 0.311 e. The van der Waals surface area contributed by atoms with Gasteiger partial charge in [-0.2, -0.15) is 0 Å². The van der Waals surface area contributed by atoms with Crippen molar-refractivity contribution in [1.82, 2.24) is 4.90 Å². The van der Waals surface area contributed by atoms with Gasteiger partial charge in [0.1, 0.15) is 0 Å². The van der Waals surface area contributed by atoms with Gasteiger partial charge in [0.15, 0.2) is 0 Å². The third kappa shape index (κ3) is 2.19.